The summed E-state index contributed by atoms with van der Waals surface area (Å²) in [7, 11) is 0. The molecule has 1 aliphatic heterocycles. The predicted octanol–water partition coefficient (Wildman–Crippen LogP) is 8.14. The predicted molar refractivity (Wildman–Crippen MR) is 137 cm³/mol. The van der Waals surface area contributed by atoms with Gasteiger partial charge in [0.1, 0.15) is 5.75 Å². The van der Waals surface area contributed by atoms with Crippen molar-refractivity contribution in [3.63, 3.8) is 0 Å². The molecular formula is C25H21ClF9N3O3S. The van der Waals surface area contributed by atoms with E-state index in [4.69, 9.17) is 11.6 Å². The largest absolute Gasteiger partial charge is 0.573 e. The van der Waals surface area contributed by atoms with Gasteiger partial charge in [0.05, 0.1) is 28.5 Å². The molecule has 3 rings (SSSR count). The molecule has 0 fully saturated rings. The summed E-state index contributed by atoms with van der Waals surface area (Å²) in [5, 5.41) is 4.01. The van der Waals surface area contributed by atoms with Gasteiger partial charge in [-0.15, -0.1) is 13.2 Å². The van der Waals surface area contributed by atoms with E-state index in [1.54, 1.807) is 6.92 Å². The molecule has 1 unspecified atom stereocenters. The normalized spacial score (nSPS) is 17.7. The van der Waals surface area contributed by atoms with E-state index in [1.807, 2.05) is 6.26 Å². The van der Waals surface area contributed by atoms with Crippen molar-refractivity contribution < 1.29 is 53.8 Å². The molecule has 17 heteroatoms. The molecule has 3 amide bonds. The number of halogens is 10. The van der Waals surface area contributed by atoms with Crippen molar-refractivity contribution in [3.8, 4) is 5.75 Å². The molecule has 0 bridgehead atoms. The number of urea groups is 1. The third-order valence-electron chi connectivity index (χ3n) is 6.10. The summed E-state index contributed by atoms with van der Waals surface area (Å²) >= 11 is 7.35. The number of anilines is 1. The van der Waals surface area contributed by atoms with Gasteiger partial charge < -0.3 is 4.74 Å². The van der Waals surface area contributed by atoms with E-state index in [2.05, 4.69) is 9.84 Å². The van der Waals surface area contributed by atoms with Gasteiger partial charge in [0, 0.05) is 5.41 Å². The van der Waals surface area contributed by atoms with Crippen LogP contribution < -0.4 is 9.64 Å². The second kappa shape index (κ2) is 12.2. The molecule has 1 heterocycles. The third-order valence-corrected chi connectivity index (χ3v) is 7.11. The summed E-state index contributed by atoms with van der Waals surface area (Å²) < 4.78 is 122. The van der Waals surface area contributed by atoms with Crippen LogP contribution in [0.1, 0.15) is 30.9 Å². The number of thioether (sulfide) groups is 1. The molecule has 6 nitrogen and oxygen atoms in total. The number of nitrogens with zero attached hydrogens (tertiary/aromatic N) is 3. The summed E-state index contributed by atoms with van der Waals surface area (Å²) in [6.45, 7) is 1.23. The molecule has 0 aromatic heterocycles. The van der Waals surface area contributed by atoms with E-state index in [0.29, 0.717) is 53.9 Å². The third kappa shape index (κ3) is 7.82. The van der Waals surface area contributed by atoms with Crippen molar-refractivity contribution in [2.45, 2.75) is 38.5 Å². The Morgan fingerprint density at radius 3 is 2.17 bits per heavy atom. The van der Waals surface area contributed by atoms with Crippen LogP contribution in [0.5, 0.6) is 5.75 Å². The molecular weight excluding hydrogens is 629 g/mol. The lowest BCUT2D eigenvalue weighted by atomic mass is 9.78. The highest BCUT2D eigenvalue weighted by atomic mass is 35.5. The Morgan fingerprint density at radius 1 is 1.05 bits per heavy atom. The van der Waals surface area contributed by atoms with Crippen molar-refractivity contribution in [1.82, 2.24) is 5.01 Å². The standard InChI is InChI=1S/C25H21ClF9N3O3S/c1-22(10-3-11-42-2)13-37(36-19(22)14-4-9-17(18(26)12-14)23(27,28)29)21(40)38(20(39)24(30,31)32)15-5-7-16(8-6-15)41-25(33,34)35/h4-9,12H,3,10-11,13H2,1-2H3. The summed E-state index contributed by atoms with van der Waals surface area (Å²) in [5.74, 6) is -2.84. The Balaban J connectivity index is 2.06. The highest BCUT2D eigenvalue weighted by Crippen LogP contribution is 2.40. The van der Waals surface area contributed by atoms with E-state index in [9.17, 15) is 49.1 Å². The quantitative estimate of drug-likeness (QED) is 0.224. The number of hydrazone groups is 1. The van der Waals surface area contributed by atoms with Crippen molar-refractivity contribution in [2.75, 3.05) is 23.5 Å². The smallest absolute Gasteiger partial charge is 0.406 e. The Bertz CT molecular complexity index is 1350. The van der Waals surface area contributed by atoms with Gasteiger partial charge in [0.25, 0.3) is 0 Å². The second-order valence-corrected chi connectivity index (χ2v) is 10.7. The zero-order valence-corrected chi connectivity index (χ0v) is 23.2. The average molecular weight is 650 g/mol. The fourth-order valence-corrected chi connectivity index (χ4v) is 4.97. The van der Waals surface area contributed by atoms with E-state index in [0.717, 1.165) is 12.1 Å². The van der Waals surface area contributed by atoms with Gasteiger partial charge >= 0.3 is 30.7 Å². The molecule has 2 aromatic rings. The maximum absolute atomic E-state index is 13.5. The van der Waals surface area contributed by atoms with Crippen molar-refractivity contribution in [3.05, 3.63) is 58.6 Å². The lowest BCUT2D eigenvalue weighted by Gasteiger charge is -2.29. The van der Waals surface area contributed by atoms with E-state index >= 15 is 0 Å². The Morgan fingerprint density at radius 2 is 1.67 bits per heavy atom. The molecule has 0 aliphatic carbocycles. The Hall–Kier alpha value is -3.14. The number of carbonyl (C=O) groups is 2. The van der Waals surface area contributed by atoms with Crippen LogP contribution in [0.2, 0.25) is 5.02 Å². The van der Waals surface area contributed by atoms with Gasteiger partial charge in [-0.25, -0.2) is 14.7 Å². The first-order valence-corrected chi connectivity index (χ1v) is 13.6. The Kier molecular flexibility index (Phi) is 9.71. The number of hydrogen-bond donors (Lipinski definition) is 0. The highest BCUT2D eigenvalue weighted by molar-refractivity contribution is 7.98. The summed E-state index contributed by atoms with van der Waals surface area (Å²) in [5.41, 5.74) is -2.85. The monoisotopic (exact) mass is 649 g/mol. The van der Waals surface area contributed by atoms with Crippen LogP contribution in [0, 0.1) is 5.41 Å². The first kappa shape index (κ1) is 33.4. The first-order valence-electron chi connectivity index (χ1n) is 11.8. The molecule has 0 N–H and O–H groups in total. The molecule has 0 radical (unpaired) electrons. The lowest BCUT2D eigenvalue weighted by Crippen LogP contribution is -2.50. The number of hydrogen-bond acceptors (Lipinski definition) is 5. The molecule has 42 heavy (non-hydrogen) atoms. The van der Waals surface area contributed by atoms with E-state index in [1.165, 1.54) is 11.8 Å². The summed E-state index contributed by atoms with van der Waals surface area (Å²) in [4.78, 5) is 25.5. The number of imide groups is 1. The number of amides is 3. The van der Waals surface area contributed by atoms with Crippen LogP contribution in [-0.4, -0.2) is 53.8 Å². The molecule has 1 atom stereocenters. The molecule has 0 saturated carbocycles. The zero-order chi connectivity index (χ0) is 31.7. The topological polar surface area (TPSA) is 62.2 Å². The van der Waals surface area contributed by atoms with Gasteiger partial charge in [-0.05, 0) is 66.8 Å². The lowest BCUT2D eigenvalue weighted by molar-refractivity contribution is -0.274. The van der Waals surface area contributed by atoms with E-state index < -0.39 is 58.1 Å². The zero-order valence-electron chi connectivity index (χ0n) is 21.6. The van der Waals surface area contributed by atoms with Crippen LogP contribution in [0.15, 0.2) is 47.6 Å². The number of carbonyl (C=O) groups excluding carboxylic acids is 2. The van der Waals surface area contributed by atoms with Crippen LogP contribution in [0.25, 0.3) is 0 Å². The number of rotatable bonds is 7. The molecule has 0 saturated heterocycles. The number of ether oxygens (including phenoxy) is 1. The van der Waals surface area contributed by atoms with Crippen LogP contribution in [0.4, 0.5) is 50.0 Å². The van der Waals surface area contributed by atoms with Gasteiger partial charge in [-0.2, -0.15) is 43.2 Å². The molecule has 230 valence electrons. The van der Waals surface area contributed by atoms with Gasteiger partial charge in [-0.3, -0.25) is 4.79 Å². The minimum atomic E-state index is -5.58. The maximum Gasteiger partial charge on any atom is 0.573 e. The molecule has 1 aliphatic rings. The first-order chi connectivity index (χ1) is 19.3. The van der Waals surface area contributed by atoms with Crippen LogP contribution in [-0.2, 0) is 11.0 Å². The fourth-order valence-electron chi connectivity index (χ4n) is 4.25. The highest BCUT2D eigenvalue weighted by Gasteiger charge is 2.49. The summed E-state index contributed by atoms with van der Waals surface area (Å²) in [6.07, 6.45) is -12.8. The van der Waals surface area contributed by atoms with Gasteiger partial charge in [-0.1, -0.05) is 24.6 Å². The number of alkyl halides is 9. The summed E-state index contributed by atoms with van der Waals surface area (Å²) in [6, 6.07) is 3.68. The van der Waals surface area contributed by atoms with Crippen molar-refractivity contribution >= 4 is 46.7 Å². The van der Waals surface area contributed by atoms with Crippen molar-refractivity contribution in [2.24, 2.45) is 10.5 Å². The SMILES string of the molecule is CSCCCC1(C)CN(C(=O)N(C(=O)C(F)(F)F)c2ccc(OC(F)(F)F)cc2)N=C1c1ccc(C(F)(F)F)c(Cl)c1. The van der Waals surface area contributed by atoms with Gasteiger partial charge in [0.15, 0.2) is 0 Å². The maximum atomic E-state index is 13.5. The van der Waals surface area contributed by atoms with E-state index in [-0.39, 0.29) is 22.7 Å². The minimum Gasteiger partial charge on any atom is -0.406 e. The van der Waals surface area contributed by atoms with Crippen LogP contribution >= 0.6 is 23.4 Å². The minimum absolute atomic E-state index is 0.0425. The molecule has 2 aromatic carbocycles. The second-order valence-electron chi connectivity index (χ2n) is 9.32. The van der Waals surface area contributed by atoms with Crippen LogP contribution in [0.3, 0.4) is 0 Å². The molecule has 0 spiro atoms. The van der Waals surface area contributed by atoms with Gasteiger partial charge in [0.2, 0.25) is 0 Å². The van der Waals surface area contributed by atoms with Crippen molar-refractivity contribution in [1.29, 1.82) is 0 Å². The Labute approximate surface area is 242 Å². The number of benzene rings is 2. The average Bonchev–Trinajstić information content (AvgIpc) is 3.20. The fraction of sp³-hybridized carbons (Fsp3) is 0.400.